The number of rotatable bonds is 3. The molecule has 0 radical (unpaired) electrons. The average molecular weight is 282 g/mol. The number of hydrogen-bond donors (Lipinski definition) is 1. The third kappa shape index (κ3) is 1.99. The van der Waals surface area contributed by atoms with Gasteiger partial charge in [0, 0.05) is 31.1 Å². The Morgan fingerprint density at radius 1 is 1.40 bits per heavy atom. The summed E-state index contributed by atoms with van der Waals surface area (Å²) >= 11 is 0. The molecule has 0 aromatic rings. The van der Waals surface area contributed by atoms with E-state index in [1.165, 1.54) is 0 Å². The molecule has 5 heteroatoms. The highest BCUT2D eigenvalue weighted by Crippen LogP contribution is 2.62. The van der Waals surface area contributed by atoms with Crippen molar-refractivity contribution < 1.29 is 24.2 Å². The van der Waals surface area contributed by atoms with E-state index in [0.717, 1.165) is 12.8 Å². The van der Waals surface area contributed by atoms with Crippen LogP contribution < -0.4 is 0 Å². The highest BCUT2D eigenvalue weighted by molar-refractivity contribution is 5.81. The van der Waals surface area contributed by atoms with Crippen molar-refractivity contribution in [2.45, 2.75) is 51.2 Å². The second kappa shape index (κ2) is 4.81. The van der Waals surface area contributed by atoms with Crippen LogP contribution in [0.25, 0.3) is 0 Å². The van der Waals surface area contributed by atoms with Crippen LogP contribution in [0.2, 0.25) is 0 Å². The van der Waals surface area contributed by atoms with Gasteiger partial charge in [0.2, 0.25) is 0 Å². The maximum Gasteiger partial charge on any atom is 0.303 e. The van der Waals surface area contributed by atoms with E-state index < -0.39 is 11.8 Å². The number of carbonyl (C=O) groups excluding carboxylic acids is 1. The van der Waals surface area contributed by atoms with Gasteiger partial charge in [-0.2, -0.15) is 0 Å². The molecule has 1 spiro atoms. The van der Waals surface area contributed by atoms with E-state index in [2.05, 4.69) is 6.92 Å². The zero-order valence-electron chi connectivity index (χ0n) is 11.9. The monoisotopic (exact) mass is 282 g/mol. The van der Waals surface area contributed by atoms with Crippen LogP contribution >= 0.6 is 0 Å². The van der Waals surface area contributed by atoms with Crippen LogP contribution in [0.3, 0.4) is 0 Å². The Labute approximate surface area is 118 Å². The van der Waals surface area contributed by atoms with Crippen molar-refractivity contribution in [1.29, 1.82) is 0 Å². The molecule has 3 fully saturated rings. The summed E-state index contributed by atoms with van der Waals surface area (Å²) in [5.41, 5.74) is -0.290. The van der Waals surface area contributed by atoms with E-state index >= 15 is 0 Å². The molecular formula is C15H22O5. The molecule has 2 saturated carbocycles. The normalized spacial score (nSPS) is 39.1. The molecule has 1 N–H and O–H groups in total. The molecule has 1 heterocycles. The van der Waals surface area contributed by atoms with Crippen LogP contribution in [0.4, 0.5) is 0 Å². The fraction of sp³-hybridized carbons (Fsp3) is 0.867. The summed E-state index contributed by atoms with van der Waals surface area (Å²) < 4.78 is 11.8. The van der Waals surface area contributed by atoms with E-state index in [9.17, 15) is 9.59 Å². The maximum atomic E-state index is 12.1. The van der Waals surface area contributed by atoms with Gasteiger partial charge >= 0.3 is 5.97 Å². The second-order valence-electron chi connectivity index (χ2n) is 6.62. The number of carboxylic acids is 1. The number of ether oxygens (including phenoxy) is 2. The first kappa shape index (κ1) is 14.0. The number of Topliss-reactive ketones (excluding diaryl/α,β-unsaturated/α-hetero) is 1. The molecule has 3 atom stereocenters. The summed E-state index contributed by atoms with van der Waals surface area (Å²) in [5, 5.41) is 8.89. The van der Waals surface area contributed by atoms with Gasteiger partial charge in [-0.1, -0.05) is 6.92 Å². The van der Waals surface area contributed by atoms with Crippen LogP contribution in [0.15, 0.2) is 0 Å². The molecular weight excluding hydrogens is 260 g/mol. The highest BCUT2D eigenvalue weighted by Gasteiger charge is 2.64. The third-order valence-electron chi connectivity index (χ3n) is 5.58. The van der Waals surface area contributed by atoms with Gasteiger partial charge in [0.15, 0.2) is 5.79 Å². The zero-order chi connectivity index (χ0) is 14.4. The van der Waals surface area contributed by atoms with E-state index in [-0.39, 0.29) is 23.5 Å². The van der Waals surface area contributed by atoms with Gasteiger partial charge < -0.3 is 14.6 Å². The van der Waals surface area contributed by atoms with E-state index in [0.29, 0.717) is 38.4 Å². The lowest BCUT2D eigenvalue weighted by Crippen LogP contribution is -2.51. The number of carboxylic acid groups (broad SMARTS) is 1. The molecule has 0 amide bonds. The fourth-order valence-electron chi connectivity index (χ4n) is 4.71. The van der Waals surface area contributed by atoms with E-state index in [4.69, 9.17) is 14.6 Å². The predicted octanol–water partition coefficient (Wildman–Crippen LogP) is 1.99. The predicted molar refractivity (Wildman–Crippen MR) is 70.1 cm³/mol. The molecule has 2 aliphatic carbocycles. The quantitative estimate of drug-likeness (QED) is 0.857. The Morgan fingerprint density at radius 3 is 2.75 bits per heavy atom. The van der Waals surface area contributed by atoms with Crippen molar-refractivity contribution in [3.63, 3.8) is 0 Å². The Balaban J connectivity index is 1.83. The first-order valence-electron chi connectivity index (χ1n) is 7.48. The fourth-order valence-corrected chi connectivity index (χ4v) is 4.71. The first-order chi connectivity index (χ1) is 9.47. The summed E-state index contributed by atoms with van der Waals surface area (Å²) in [6, 6.07) is 0. The number of hydrogen-bond acceptors (Lipinski definition) is 4. The number of aliphatic carboxylic acids is 1. The van der Waals surface area contributed by atoms with Crippen LogP contribution in [-0.2, 0) is 19.1 Å². The standard InChI is InChI=1S/C15H22O5/c1-14-9-11(16)8-10(2-3-13(17)18)12(14)4-5-15(14)19-6-7-20-15/h10,12H,2-9H2,1H3,(H,17,18)/t10-,12+,14+/m1/s1. The van der Waals surface area contributed by atoms with Crippen molar-refractivity contribution >= 4 is 11.8 Å². The summed E-state index contributed by atoms with van der Waals surface area (Å²) in [7, 11) is 0. The van der Waals surface area contributed by atoms with Gasteiger partial charge in [0.25, 0.3) is 0 Å². The van der Waals surface area contributed by atoms with Crippen molar-refractivity contribution in [3.05, 3.63) is 0 Å². The largest absolute Gasteiger partial charge is 0.481 e. The van der Waals surface area contributed by atoms with Gasteiger partial charge in [-0.15, -0.1) is 0 Å². The minimum Gasteiger partial charge on any atom is -0.481 e. The van der Waals surface area contributed by atoms with Crippen LogP contribution in [0, 0.1) is 17.3 Å². The zero-order valence-corrected chi connectivity index (χ0v) is 11.9. The lowest BCUT2D eigenvalue weighted by molar-refractivity contribution is -0.233. The smallest absolute Gasteiger partial charge is 0.303 e. The molecule has 5 nitrogen and oxygen atoms in total. The van der Waals surface area contributed by atoms with Gasteiger partial charge in [-0.25, -0.2) is 0 Å². The highest BCUT2D eigenvalue weighted by atomic mass is 16.7. The summed E-state index contributed by atoms with van der Waals surface area (Å²) in [4.78, 5) is 23.0. The summed E-state index contributed by atoms with van der Waals surface area (Å²) in [5.74, 6) is -0.678. The second-order valence-corrected chi connectivity index (χ2v) is 6.62. The molecule has 0 bridgehead atoms. The molecule has 20 heavy (non-hydrogen) atoms. The van der Waals surface area contributed by atoms with E-state index in [1.54, 1.807) is 0 Å². The topological polar surface area (TPSA) is 72.8 Å². The number of carbonyl (C=O) groups is 2. The molecule has 3 rings (SSSR count). The summed E-state index contributed by atoms with van der Waals surface area (Å²) in [6.07, 6.45) is 3.53. The average Bonchev–Trinajstić information content (AvgIpc) is 2.94. The number of fused-ring (bicyclic) bond motifs is 2. The molecule has 0 aromatic carbocycles. The molecule has 0 unspecified atom stereocenters. The maximum absolute atomic E-state index is 12.1. The van der Waals surface area contributed by atoms with Crippen molar-refractivity contribution in [3.8, 4) is 0 Å². The Hall–Kier alpha value is -0.940. The van der Waals surface area contributed by atoms with Gasteiger partial charge in [0.1, 0.15) is 5.78 Å². The molecule has 112 valence electrons. The number of ketones is 1. The van der Waals surface area contributed by atoms with Crippen molar-refractivity contribution in [2.24, 2.45) is 17.3 Å². The van der Waals surface area contributed by atoms with Crippen LogP contribution in [0.5, 0.6) is 0 Å². The van der Waals surface area contributed by atoms with Crippen LogP contribution in [-0.4, -0.2) is 35.9 Å². The minimum atomic E-state index is -0.786. The minimum absolute atomic E-state index is 0.138. The lowest BCUT2D eigenvalue weighted by atomic mass is 9.61. The Morgan fingerprint density at radius 2 is 2.10 bits per heavy atom. The Bertz CT molecular complexity index is 426. The SMILES string of the molecule is C[C@]12CC(=O)C[C@@H](CCC(=O)O)[C@@H]1CCC21OCCO1. The molecule has 1 saturated heterocycles. The lowest BCUT2D eigenvalue weighted by Gasteiger charge is -2.47. The van der Waals surface area contributed by atoms with Gasteiger partial charge in [0.05, 0.1) is 13.2 Å². The van der Waals surface area contributed by atoms with Crippen LogP contribution in [0.1, 0.15) is 45.4 Å². The molecule has 3 aliphatic rings. The van der Waals surface area contributed by atoms with E-state index in [1.807, 2.05) is 0 Å². The molecule has 1 aliphatic heterocycles. The van der Waals surface area contributed by atoms with Crippen molar-refractivity contribution in [2.75, 3.05) is 13.2 Å². The van der Waals surface area contributed by atoms with Crippen molar-refractivity contribution in [1.82, 2.24) is 0 Å². The van der Waals surface area contributed by atoms with Gasteiger partial charge in [-0.3, -0.25) is 9.59 Å². The van der Waals surface area contributed by atoms with Gasteiger partial charge in [-0.05, 0) is 24.7 Å². The molecule has 0 aromatic heterocycles. The Kier molecular flexibility index (Phi) is 3.37. The first-order valence-corrected chi connectivity index (χ1v) is 7.48. The third-order valence-corrected chi connectivity index (χ3v) is 5.58. The summed E-state index contributed by atoms with van der Waals surface area (Å²) in [6.45, 7) is 3.29.